The minimum Gasteiger partial charge on any atom is -0.457 e. The van der Waals surface area contributed by atoms with E-state index < -0.39 is 0 Å². The van der Waals surface area contributed by atoms with Crippen LogP contribution in [-0.2, 0) is 17.1 Å². The minimum atomic E-state index is -0.178. The third-order valence-corrected chi connectivity index (χ3v) is 4.25. The fourth-order valence-electron chi connectivity index (χ4n) is 2.12. The van der Waals surface area contributed by atoms with Gasteiger partial charge in [0, 0.05) is 11.5 Å². The van der Waals surface area contributed by atoms with Gasteiger partial charge < -0.3 is 10.1 Å². The molecule has 0 spiro atoms. The number of aromatic nitrogens is 2. The van der Waals surface area contributed by atoms with Crippen molar-refractivity contribution in [3.63, 3.8) is 0 Å². The number of anilines is 1. The van der Waals surface area contributed by atoms with Crippen molar-refractivity contribution < 1.29 is 9.53 Å². The van der Waals surface area contributed by atoms with E-state index in [2.05, 4.69) is 20.7 Å². The summed E-state index contributed by atoms with van der Waals surface area (Å²) >= 11 is 6.74. The van der Waals surface area contributed by atoms with E-state index in [4.69, 9.17) is 21.6 Å². The van der Waals surface area contributed by atoms with Gasteiger partial charge in [-0.1, -0.05) is 12.1 Å². The summed E-state index contributed by atoms with van der Waals surface area (Å²) in [6.45, 7) is 0. The Labute approximate surface area is 159 Å². The van der Waals surface area contributed by atoms with Crippen LogP contribution in [0.3, 0.4) is 0 Å². The van der Waals surface area contributed by atoms with Crippen LogP contribution in [0.2, 0.25) is 0 Å². The average molecular weight is 385 g/mol. The number of nitrogens with one attached hydrogen (secondary N) is 1. The summed E-state index contributed by atoms with van der Waals surface area (Å²) in [6, 6.07) is 16.1. The molecule has 0 saturated carbocycles. The lowest BCUT2D eigenvalue weighted by Crippen LogP contribution is -2.14. The predicted molar refractivity (Wildman–Crippen MR) is 99.5 cm³/mol. The SMILES string of the molecule is N#Cc1ccc(Oc2ccc(CC(=O)Nc3nc(CCl)ns3)cc2)cc1. The van der Waals surface area contributed by atoms with Gasteiger partial charge >= 0.3 is 0 Å². The molecule has 130 valence electrons. The summed E-state index contributed by atoms with van der Waals surface area (Å²) in [4.78, 5) is 16.1. The van der Waals surface area contributed by atoms with Crippen molar-refractivity contribution in [1.29, 1.82) is 5.26 Å². The zero-order valence-electron chi connectivity index (χ0n) is 13.5. The van der Waals surface area contributed by atoms with Gasteiger partial charge in [0.25, 0.3) is 0 Å². The fourth-order valence-corrected chi connectivity index (χ4v) is 2.91. The molecular weight excluding hydrogens is 372 g/mol. The van der Waals surface area contributed by atoms with E-state index in [0.29, 0.717) is 28.0 Å². The van der Waals surface area contributed by atoms with Gasteiger partial charge in [0.1, 0.15) is 11.5 Å². The Morgan fingerprint density at radius 3 is 2.38 bits per heavy atom. The highest BCUT2D eigenvalue weighted by molar-refractivity contribution is 7.09. The Morgan fingerprint density at radius 2 is 1.81 bits per heavy atom. The second kappa shape index (κ2) is 8.43. The Bertz CT molecular complexity index is 933. The molecule has 3 rings (SSSR count). The molecule has 0 aliphatic heterocycles. The number of nitriles is 1. The average Bonchev–Trinajstić information content (AvgIpc) is 3.11. The van der Waals surface area contributed by atoms with Gasteiger partial charge in [-0.15, -0.1) is 11.6 Å². The van der Waals surface area contributed by atoms with Crippen molar-refractivity contribution in [2.45, 2.75) is 12.3 Å². The van der Waals surface area contributed by atoms with Crippen LogP contribution in [0.25, 0.3) is 0 Å². The van der Waals surface area contributed by atoms with Crippen molar-refractivity contribution in [3.8, 4) is 17.6 Å². The normalized spacial score (nSPS) is 10.2. The molecule has 1 amide bonds. The Morgan fingerprint density at radius 1 is 1.15 bits per heavy atom. The van der Waals surface area contributed by atoms with E-state index >= 15 is 0 Å². The molecular formula is C18H13ClN4O2S. The first kappa shape index (κ1) is 17.9. The van der Waals surface area contributed by atoms with Gasteiger partial charge in [0.15, 0.2) is 5.82 Å². The zero-order chi connectivity index (χ0) is 18.4. The highest BCUT2D eigenvalue weighted by Crippen LogP contribution is 2.22. The van der Waals surface area contributed by atoms with Crippen molar-refractivity contribution in [1.82, 2.24) is 9.36 Å². The first-order chi connectivity index (χ1) is 12.7. The van der Waals surface area contributed by atoms with Crippen LogP contribution in [0.5, 0.6) is 11.5 Å². The van der Waals surface area contributed by atoms with E-state index in [1.807, 2.05) is 12.1 Å². The number of rotatable bonds is 6. The maximum Gasteiger partial charge on any atom is 0.230 e. The number of carbonyl (C=O) groups excluding carboxylic acids is 1. The smallest absolute Gasteiger partial charge is 0.230 e. The number of hydrogen-bond acceptors (Lipinski definition) is 6. The summed E-state index contributed by atoms with van der Waals surface area (Å²) < 4.78 is 9.72. The van der Waals surface area contributed by atoms with Crippen molar-refractivity contribution in [3.05, 3.63) is 65.5 Å². The molecule has 0 atom stereocenters. The van der Waals surface area contributed by atoms with E-state index in [1.54, 1.807) is 36.4 Å². The molecule has 1 heterocycles. The predicted octanol–water partition coefficient (Wildman–Crippen LogP) is 4.12. The number of amides is 1. The van der Waals surface area contributed by atoms with Crippen molar-refractivity contribution >= 4 is 34.2 Å². The molecule has 0 radical (unpaired) electrons. The zero-order valence-corrected chi connectivity index (χ0v) is 15.0. The second-order valence-electron chi connectivity index (χ2n) is 5.26. The Kier molecular flexibility index (Phi) is 5.79. The van der Waals surface area contributed by atoms with Gasteiger partial charge in [-0.05, 0) is 42.0 Å². The second-order valence-corrected chi connectivity index (χ2v) is 6.28. The topological polar surface area (TPSA) is 87.9 Å². The molecule has 26 heavy (non-hydrogen) atoms. The molecule has 6 nitrogen and oxygen atoms in total. The third kappa shape index (κ3) is 4.79. The van der Waals surface area contributed by atoms with Crippen LogP contribution in [-0.4, -0.2) is 15.3 Å². The first-order valence-corrected chi connectivity index (χ1v) is 8.92. The monoisotopic (exact) mass is 384 g/mol. The van der Waals surface area contributed by atoms with Crippen molar-refractivity contribution in [2.75, 3.05) is 5.32 Å². The van der Waals surface area contributed by atoms with Gasteiger partial charge in [0.2, 0.25) is 11.0 Å². The van der Waals surface area contributed by atoms with Crippen molar-refractivity contribution in [2.24, 2.45) is 0 Å². The Balaban J connectivity index is 1.56. The van der Waals surface area contributed by atoms with Gasteiger partial charge in [-0.2, -0.15) is 9.64 Å². The summed E-state index contributed by atoms with van der Waals surface area (Å²) in [5, 5.41) is 11.9. The van der Waals surface area contributed by atoms with Gasteiger partial charge in [-0.25, -0.2) is 4.98 Å². The highest BCUT2D eigenvalue weighted by Gasteiger charge is 2.09. The molecule has 0 fully saturated rings. The van der Waals surface area contributed by atoms with E-state index in [-0.39, 0.29) is 18.2 Å². The first-order valence-electron chi connectivity index (χ1n) is 7.61. The van der Waals surface area contributed by atoms with Crippen LogP contribution < -0.4 is 10.1 Å². The maximum absolute atomic E-state index is 12.1. The van der Waals surface area contributed by atoms with E-state index in [9.17, 15) is 4.79 Å². The number of alkyl halides is 1. The minimum absolute atomic E-state index is 0.178. The third-order valence-electron chi connectivity index (χ3n) is 3.34. The van der Waals surface area contributed by atoms with Crippen LogP contribution in [0.1, 0.15) is 17.0 Å². The summed E-state index contributed by atoms with van der Waals surface area (Å²) in [5.41, 5.74) is 1.42. The molecule has 1 aromatic heterocycles. The van der Waals surface area contributed by atoms with Crippen LogP contribution >= 0.6 is 23.1 Å². The maximum atomic E-state index is 12.1. The molecule has 8 heteroatoms. The van der Waals surface area contributed by atoms with E-state index in [0.717, 1.165) is 17.1 Å². The lowest BCUT2D eigenvalue weighted by molar-refractivity contribution is -0.115. The lowest BCUT2D eigenvalue weighted by atomic mass is 10.1. The number of benzene rings is 2. The standard InChI is InChI=1S/C18H13ClN4O2S/c19-10-16-21-18(26-23-16)22-17(24)9-12-1-5-14(6-2-12)25-15-7-3-13(11-20)4-8-15/h1-8H,9-10H2,(H,21,22,23,24). The van der Waals surface area contributed by atoms with Crippen LogP contribution in [0.4, 0.5) is 5.13 Å². The van der Waals surface area contributed by atoms with Crippen LogP contribution in [0.15, 0.2) is 48.5 Å². The number of halogens is 1. The summed E-state index contributed by atoms with van der Waals surface area (Å²) in [5.74, 6) is 1.82. The number of hydrogen-bond donors (Lipinski definition) is 1. The molecule has 1 N–H and O–H groups in total. The Hall–Kier alpha value is -2.95. The van der Waals surface area contributed by atoms with Gasteiger partial charge in [-0.3, -0.25) is 4.79 Å². The summed E-state index contributed by atoms with van der Waals surface area (Å²) in [6.07, 6.45) is 0.215. The number of carbonyl (C=O) groups is 1. The number of ether oxygens (including phenoxy) is 1. The highest BCUT2D eigenvalue weighted by atomic mass is 35.5. The molecule has 0 bridgehead atoms. The van der Waals surface area contributed by atoms with Crippen LogP contribution in [0, 0.1) is 11.3 Å². The molecule has 0 unspecified atom stereocenters. The lowest BCUT2D eigenvalue weighted by Gasteiger charge is -2.07. The molecule has 3 aromatic rings. The quantitative estimate of drug-likeness (QED) is 0.646. The summed E-state index contributed by atoms with van der Waals surface area (Å²) in [7, 11) is 0. The molecule has 0 saturated heterocycles. The fraction of sp³-hybridized carbons (Fsp3) is 0.111. The molecule has 0 aliphatic rings. The molecule has 2 aromatic carbocycles. The largest absolute Gasteiger partial charge is 0.457 e. The molecule has 0 aliphatic carbocycles. The van der Waals surface area contributed by atoms with E-state index in [1.165, 1.54) is 0 Å². The number of nitrogens with zero attached hydrogens (tertiary/aromatic N) is 3. The van der Waals surface area contributed by atoms with Gasteiger partial charge in [0.05, 0.1) is 23.9 Å².